The quantitative estimate of drug-likeness (QED) is 0.567. The third-order valence-corrected chi connectivity index (χ3v) is 5.43. The van der Waals surface area contributed by atoms with E-state index in [1.807, 2.05) is 31.3 Å². The minimum absolute atomic E-state index is 0.0269. The molecule has 0 radical (unpaired) electrons. The third-order valence-electron chi connectivity index (χ3n) is 5.43. The van der Waals surface area contributed by atoms with Crippen LogP contribution >= 0.6 is 0 Å². The zero-order chi connectivity index (χ0) is 19.9. The van der Waals surface area contributed by atoms with Crippen molar-refractivity contribution in [1.82, 2.24) is 15.5 Å². The van der Waals surface area contributed by atoms with Gasteiger partial charge in [-0.05, 0) is 48.3 Å². The van der Waals surface area contributed by atoms with Crippen molar-refractivity contribution in [3.05, 3.63) is 35.4 Å². The number of carbonyl (C=O) groups is 1. The third kappa shape index (κ3) is 6.26. The van der Waals surface area contributed by atoms with E-state index in [0.29, 0.717) is 17.5 Å². The molecule has 0 aromatic heterocycles. The second kappa shape index (κ2) is 9.77. The number of guanidine groups is 1. The van der Waals surface area contributed by atoms with Crippen LogP contribution < -0.4 is 10.6 Å². The Hall–Kier alpha value is -2.04. The van der Waals surface area contributed by atoms with E-state index in [1.165, 1.54) is 32.1 Å². The summed E-state index contributed by atoms with van der Waals surface area (Å²) < 4.78 is 0. The van der Waals surface area contributed by atoms with Gasteiger partial charge < -0.3 is 15.5 Å². The van der Waals surface area contributed by atoms with Gasteiger partial charge in [-0.2, -0.15) is 0 Å². The molecule has 1 aromatic carbocycles. The van der Waals surface area contributed by atoms with E-state index in [1.54, 1.807) is 19.0 Å². The van der Waals surface area contributed by atoms with Crippen LogP contribution in [0, 0.1) is 11.3 Å². The first kappa shape index (κ1) is 21.3. The maximum atomic E-state index is 12.0. The minimum Gasteiger partial charge on any atom is -0.356 e. The molecule has 0 saturated heterocycles. The van der Waals surface area contributed by atoms with Crippen LogP contribution in [0.5, 0.6) is 0 Å². The van der Waals surface area contributed by atoms with Gasteiger partial charge in [0.2, 0.25) is 0 Å². The van der Waals surface area contributed by atoms with Gasteiger partial charge in [0.15, 0.2) is 5.96 Å². The molecule has 1 aromatic rings. The van der Waals surface area contributed by atoms with Crippen molar-refractivity contribution in [3.63, 3.8) is 0 Å². The first-order valence-electron chi connectivity index (χ1n) is 10.1. The summed E-state index contributed by atoms with van der Waals surface area (Å²) in [6, 6.07) is 7.75. The number of benzene rings is 1. The first-order valence-corrected chi connectivity index (χ1v) is 10.1. The Kier molecular flexibility index (Phi) is 7.69. The first-order chi connectivity index (χ1) is 12.8. The smallest absolute Gasteiger partial charge is 0.253 e. The Balaban J connectivity index is 1.87. The number of hydrogen-bond donors (Lipinski definition) is 2. The van der Waals surface area contributed by atoms with Gasteiger partial charge in [0.25, 0.3) is 5.91 Å². The molecule has 5 heteroatoms. The van der Waals surface area contributed by atoms with Gasteiger partial charge >= 0.3 is 0 Å². The fourth-order valence-corrected chi connectivity index (χ4v) is 4.15. The van der Waals surface area contributed by atoms with Crippen molar-refractivity contribution in [2.24, 2.45) is 16.3 Å². The molecule has 2 rings (SSSR count). The van der Waals surface area contributed by atoms with Gasteiger partial charge in [0.1, 0.15) is 0 Å². The highest BCUT2D eigenvalue weighted by atomic mass is 16.2. The van der Waals surface area contributed by atoms with Crippen molar-refractivity contribution in [2.45, 2.75) is 52.5 Å². The molecule has 1 amide bonds. The van der Waals surface area contributed by atoms with Gasteiger partial charge in [-0.25, -0.2) is 0 Å². The minimum atomic E-state index is 0.0269. The van der Waals surface area contributed by atoms with Gasteiger partial charge in [-0.3, -0.25) is 9.79 Å². The van der Waals surface area contributed by atoms with Crippen molar-refractivity contribution in [2.75, 3.05) is 27.7 Å². The van der Waals surface area contributed by atoms with Crippen molar-refractivity contribution in [1.29, 1.82) is 0 Å². The predicted molar refractivity (Wildman–Crippen MR) is 113 cm³/mol. The van der Waals surface area contributed by atoms with Gasteiger partial charge in [-0.1, -0.05) is 38.8 Å². The van der Waals surface area contributed by atoms with Crippen LogP contribution in [0.25, 0.3) is 0 Å². The number of hydrogen-bond acceptors (Lipinski definition) is 2. The van der Waals surface area contributed by atoms with Crippen molar-refractivity contribution in [3.8, 4) is 0 Å². The highest BCUT2D eigenvalue weighted by Gasteiger charge is 2.34. The lowest BCUT2D eigenvalue weighted by molar-refractivity contribution is 0.0827. The topological polar surface area (TPSA) is 56.7 Å². The Bertz CT molecular complexity index is 628. The average Bonchev–Trinajstić information content (AvgIpc) is 3.09. The number of aliphatic imine (C=N–C) groups is 1. The molecule has 0 heterocycles. The summed E-state index contributed by atoms with van der Waals surface area (Å²) in [5, 5.41) is 6.95. The van der Waals surface area contributed by atoms with Crippen LogP contribution in [0.2, 0.25) is 0 Å². The van der Waals surface area contributed by atoms with Crippen LogP contribution in [-0.4, -0.2) is 44.5 Å². The molecular weight excluding hydrogens is 336 g/mol. The largest absolute Gasteiger partial charge is 0.356 e. The van der Waals surface area contributed by atoms with Crippen LogP contribution in [0.15, 0.2) is 29.3 Å². The normalized spacial score (nSPS) is 16.4. The lowest BCUT2D eigenvalue weighted by atomic mass is 9.78. The van der Waals surface area contributed by atoms with Gasteiger partial charge in [0, 0.05) is 39.8 Å². The molecule has 150 valence electrons. The van der Waals surface area contributed by atoms with Crippen molar-refractivity contribution < 1.29 is 4.79 Å². The molecule has 0 bridgehead atoms. The molecule has 0 spiro atoms. The Morgan fingerprint density at radius 1 is 1.15 bits per heavy atom. The van der Waals surface area contributed by atoms with E-state index in [4.69, 9.17) is 0 Å². The lowest BCUT2D eigenvalue weighted by Crippen LogP contribution is -2.43. The molecule has 0 aliphatic heterocycles. The summed E-state index contributed by atoms with van der Waals surface area (Å²) in [6.07, 6.45) is 6.60. The van der Waals surface area contributed by atoms with Crippen LogP contribution in [0.4, 0.5) is 0 Å². The average molecular weight is 373 g/mol. The Morgan fingerprint density at radius 2 is 1.78 bits per heavy atom. The van der Waals surface area contributed by atoms with Crippen LogP contribution in [-0.2, 0) is 6.54 Å². The molecule has 2 N–H and O–H groups in total. The highest BCUT2D eigenvalue weighted by Crippen LogP contribution is 2.42. The van der Waals surface area contributed by atoms with Crippen LogP contribution in [0.3, 0.4) is 0 Å². The van der Waals surface area contributed by atoms with E-state index >= 15 is 0 Å². The molecule has 0 unspecified atom stereocenters. The zero-order valence-electron chi connectivity index (χ0n) is 17.6. The second-order valence-electron chi connectivity index (χ2n) is 8.48. The molecule has 1 fully saturated rings. The number of nitrogens with zero attached hydrogens (tertiary/aromatic N) is 2. The summed E-state index contributed by atoms with van der Waals surface area (Å²) in [5.74, 6) is 1.60. The van der Waals surface area contributed by atoms with E-state index in [2.05, 4.69) is 29.5 Å². The Labute approximate surface area is 164 Å². The van der Waals surface area contributed by atoms with E-state index < -0.39 is 0 Å². The van der Waals surface area contributed by atoms with E-state index in [0.717, 1.165) is 24.0 Å². The summed E-state index contributed by atoms with van der Waals surface area (Å²) in [5.41, 5.74) is 2.26. The van der Waals surface area contributed by atoms with E-state index in [-0.39, 0.29) is 5.91 Å². The van der Waals surface area contributed by atoms with Crippen molar-refractivity contribution >= 4 is 11.9 Å². The second-order valence-corrected chi connectivity index (χ2v) is 8.48. The number of rotatable bonds is 7. The maximum Gasteiger partial charge on any atom is 0.253 e. The molecule has 1 saturated carbocycles. The fraction of sp³-hybridized carbons (Fsp3) is 0.636. The highest BCUT2D eigenvalue weighted by molar-refractivity contribution is 5.93. The summed E-state index contributed by atoms with van der Waals surface area (Å²) in [7, 11) is 5.35. The summed E-state index contributed by atoms with van der Waals surface area (Å²) in [6.45, 7) is 6.31. The zero-order valence-corrected chi connectivity index (χ0v) is 17.6. The number of nitrogens with one attached hydrogen (secondary N) is 2. The SMILES string of the molecule is CN=C(NCc1ccc(C(=O)N(C)C)cc1)NCC1(CC(C)C)CCCC1. The summed E-state index contributed by atoms with van der Waals surface area (Å²) in [4.78, 5) is 17.9. The number of carbonyl (C=O) groups excluding carboxylic acids is 1. The molecule has 1 aliphatic rings. The van der Waals surface area contributed by atoms with Gasteiger partial charge in [-0.15, -0.1) is 0 Å². The molecule has 0 atom stereocenters. The molecule has 27 heavy (non-hydrogen) atoms. The molecule has 5 nitrogen and oxygen atoms in total. The molecular formula is C22H36N4O. The molecule has 1 aliphatic carbocycles. The number of amides is 1. The lowest BCUT2D eigenvalue weighted by Gasteiger charge is -2.32. The van der Waals surface area contributed by atoms with Gasteiger partial charge in [0.05, 0.1) is 0 Å². The van der Waals surface area contributed by atoms with Crippen LogP contribution in [0.1, 0.15) is 61.9 Å². The van der Waals surface area contributed by atoms with E-state index in [9.17, 15) is 4.79 Å². The standard InChI is InChI=1S/C22H36N4O/c1-17(2)14-22(12-6-7-13-22)16-25-21(23-3)24-15-18-8-10-19(11-9-18)20(27)26(4)5/h8-11,17H,6-7,12-16H2,1-5H3,(H2,23,24,25). The predicted octanol–water partition coefficient (Wildman–Crippen LogP) is 3.66. The monoisotopic (exact) mass is 372 g/mol. The summed E-state index contributed by atoms with van der Waals surface area (Å²) >= 11 is 0. The maximum absolute atomic E-state index is 12.0. The fourth-order valence-electron chi connectivity index (χ4n) is 4.15. The Morgan fingerprint density at radius 3 is 2.30 bits per heavy atom.